The molecule has 0 radical (unpaired) electrons. The largest absolute Gasteiger partial charge is 0.491 e. The second-order valence-corrected chi connectivity index (χ2v) is 6.46. The summed E-state index contributed by atoms with van der Waals surface area (Å²) in [7, 11) is 0. The summed E-state index contributed by atoms with van der Waals surface area (Å²) in [5, 5.41) is 13.4. The Balaban J connectivity index is 1.38. The molecular weight excluding hydrogens is 322 g/mol. The number of hydrogen-bond acceptors (Lipinski definition) is 4. The highest BCUT2D eigenvalue weighted by Crippen LogP contribution is 2.34. The van der Waals surface area contributed by atoms with Gasteiger partial charge < -0.3 is 19.9 Å². The Bertz CT molecular complexity index is 456. The summed E-state index contributed by atoms with van der Waals surface area (Å²) in [6, 6.07) is 8.03. The average molecular weight is 342 g/mol. The minimum atomic E-state index is -0.506. The molecule has 2 N–H and O–H groups in total. The van der Waals surface area contributed by atoms with Crippen molar-refractivity contribution in [3.05, 3.63) is 28.7 Å². The van der Waals surface area contributed by atoms with E-state index in [1.807, 2.05) is 24.3 Å². The molecular formula is C15H20BrNO3. The predicted octanol–water partition coefficient (Wildman–Crippen LogP) is 2.10. The summed E-state index contributed by atoms with van der Waals surface area (Å²) in [6.45, 7) is 0.844. The van der Waals surface area contributed by atoms with Crippen LogP contribution in [0.4, 0.5) is 0 Å². The maximum absolute atomic E-state index is 9.97. The summed E-state index contributed by atoms with van der Waals surface area (Å²) in [5.41, 5.74) is 0. The maximum Gasteiger partial charge on any atom is 0.120 e. The molecule has 2 aliphatic heterocycles. The van der Waals surface area contributed by atoms with Crippen LogP contribution >= 0.6 is 15.9 Å². The van der Waals surface area contributed by atoms with Crippen molar-refractivity contribution >= 4 is 15.9 Å². The van der Waals surface area contributed by atoms with Crippen molar-refractivity contribution in [3.63, 3.8) is 0 Å². The fraction of sp³-hybridized carbons (Fsp3) is 0.600. The molecule has 3 rings (SSSR count). The number of halogens is 1. The molecule has 2 fully saturated rings. The van der Waals surface area contributed by atoms with E-state index in [2.05, 4.69) is 21.2 Å². The van der Waals surface area contributed by atoms with Gasteiger partial charge in [0.05, 0.1) is 12.2 Å². The maximum atomic E-state index is 9.97. The Labute approximate surface area is 127 Å². The summed E-state index contributed by atoms with van der Waals surface area (Å²) >= 11 is 3.39. The van der Waals surface area contributed by atoms with Gasteiger partial charge >= 0.3 is 0 Å². The molecule has 4 atom stereocenters. The topological polar surface area (TPSA) is 50.7 Å². The lowest BCUT2D eigenvalue weighted by Crippen LogP contribution is -2.42. The number of ether oxygens (including phenoxy) is 2. The molecule has 5 heteroatoms. The zero-order chi connectivity index (χ0) is 13.9. The van der Waals surface area contributed by atoms with Gasteiger partial charge in [0.2, 0.25) is 0 Å². The summed E-state index contributed by atoms with van der Waals surface area (Å²) in [6.07, 6.45) is 3.69. The molecule has 110 valence electrons. The van der Waals surface area contributed by atoms with Crippen LogP contribution in [0.25, 0.3) is 0 Å². The van der Waals surface area contributed by atoms with Crippen molar-refractivity contribution in [1.29, 1.82) is 0 Å². The first-order chi connectivity index (χ1) is 9.70. The SMILES string of the molecule is OC(CNC1CC2CCC1O2)COc1cccc(Br)c1. The third kappa shape index (κ3) is 3.52. The van der Waals surface area contributed by atoms with E-state index in [-0.39, 0.29) is 0 Å². The van der Waals surface area contributed by atoms with Gasteiger partial charge in [-0.2, -0.15) is 0 Å². The van der Waals surface area contributed by atoms with E-state index in [0.717, 1.165) is 23.1 Å². The fourth-order valence-electron chi connectivity index (χ4n) is 2.95. The highest BCUT2D eigenvalue weighted by Gasteiger charge is 2.40. The predicted molar refractivity (Wildman–Crippen MR) is 79.9 cm³/mol. The van der Waals surface area contributed by atoms with Gasteiger partial charge in [0, 0.05) is 17.1 Å². The van der Waals surface area contributed by atoms with Crippen LogP contribution in [0, 0.1) is 0 Å². The molecule has 1 aromatic rings. The fourth-order valence-corrected chi connectivity index (χ4v) is 3.33. The Morgan fingerprint density at radius 1 is 1.45 bits per heavy atom. The van der Waals surface area contributed by atoms with Gasteiger partial charge in [0.15, 0.2) is 0 Å². The molecule has 4 nitrogen and oxygen atoms in total. The Hall–Kier alpha value is -0.620. The molecule has 0 aliphatic carbocycles. The monoisotopic (exact) mass is 341 g/mol. The third-order valence-corrected chi connectivity index (χ3v) is 4.45. The zero-order valence-corrected chi connectivity index (χ0v) is 12.9. The van der Waals surface area contributed by atoms with E-state index in [1.165, 1.54) is 6.42 Å². The molecule has 0 amide bonds. The standard InChI is InChI=1S/C15H20BrNO3/c16-10-2-1-3-12(6-10)19-9-11(18)8-17-14-7-13-4-5-15(14)20-13/h1-3,6,11,13-15,17-18H,4-5,7-9H2. The first-order valence-corrected chi connectivity index (χ1v) is 7.95. The molecule has 1 aromatic carbocycles. The van der Waals surface area contributed by atoms with Crippen molar-refractivity contribution in [2.75, 3.05) is 13.2 Å². The van der Waals surface area contributed by atoms with Crippen molar-refractivity contribution < 1.29 is 14.6 Å². The van der Waals surface area contributed by atoms with E-state index >= 15 is 0 Å². The Kier molecular flexibility index (Phi) is 4.61. The zero-order valence-electron chi connectivity index (χ0n) is 11.3. The Morgan fingerprint density at radius 2 is 2.35 bits per heavy atom. The lowest BCUT2D eigenvalue weighted by atomic mass is 9.95. The van der Waals surface area contributed by atoms with Gasteiger partial charge in [0.1, 0.15) is 18.5 Å². The number of nitrogens with one attached hydrogen (secondary N) is 1. The molecule has 20 heavy (non-hydrogen) atoms. The van der Waals surface area contributed by atoms with E-state index < -0.39 is 6.10 Å². The van der Waals surface area contributed by atoms with Gasteiger partial charge in [-0.05, 0) is 37.5 Å². The number of fused-ring (bicyclic) bond motifs is 2. The van der Waals surface area contributed by atoms with Gasteiger partial charge in [-0.25, -0.2) is 0 Å². The van der Waals surface area contributed by atoms with Crippen molar-refractivity contribution in [1.82, 2.24) is 5.32 Å². The van der Waals surface area contributed by atoms with Crippen LogP contribution in [-0.4, -0.2) is 42.6 Å². The number of rotatable bonds is 6. The van der Waals surface area contributed by atoms with Crippen molar-refractivity contribution in [2.24, 2.45) is 0 Å². The smallest absolute Gasteiger partial charge is 0.120 e. The molecule has 0 spiro atoms. The van der Waals surface area contributed by atoms with Gasteiger partial charge in [-0.3, -0.25) is 0 Å². The number of aliphatic hydroxyl groups excluding tert-OH is 1. The second kappa shape index (κ2) is 6.43. The van der Waals surface area contributed by atoms with E-state index in [1.54, 1.807) is 0 Å². The average Bonchev–Trinajstić information content (AvgIpc) is 3.05. The minimum Gasteiger partial charge on any atom is -0.491 e. The summed E-state index contributed by atoms with van der Waals surface area (Å²) in [4.78, 5) is 0. The van der Waals surface area contributed by atoms with Crippen LogP contribution in [0.5, 0.6) is 5.75 Å². The molecule has 2 saturated heterocycles. The molecule has 2 aliphatic rings. The summed E-state index contributed by atoms with van der Waals surface area (Å²) < 4.78 is 12.3. The van der Waals surface area contributed by atoms with Crippen LogP contribution in [0.15, 0.2) is 28.7 Å². The normalized spacial score (nSPS) is 29.6. The third-order valence-electron chi connectivity index (χ3n) is 3.96. The molecule has 0 aromatic heterocycles. The van der Waals surface area contributed by atoms with Crippen molar-refractivity contribution in [3.8, 4) is 5.75 Å². The minimum absolute atomic E-state index is 0.297. The molecule has 2 heterocycles. The van der Waals surface area contributed by atoms with E-state index in [0.29, 0.717) is 31.4 Å². The number of aliphatic hydroxyl groups is 1. The molecule has 0 saturated carbocycles. The molecule has 4 unspecified atom stereocenters. The lowest BCUT2D eigenvalue weighted by molar-refractivity contribution is 0.0853. The van der Waals surface area contributed by atoms with Gasteiger partial charge in [0.25, 0.3) is 0 Å². The van der Waals surface area contributed by atoms with E-state index in [4.69, 9.17) is 9.47 Å². The van der Waals surface area contributed by atoms with Crippen LogP contribution in [0.1, 0.15) is 19.3 Å². The van der Waals surface area contributed by atoms with Crippen molar-refractivity contribution in [2.45, 2.75) is 43.6 Å². The number of hydrogen-bond donors (Lipinski definition) is 2. The summed E-state index contributed by atoms with van der Waals surface area (Å²) in [5.74, 6) is 0.765. The lowest BCUT2D eigenvalue weighted by Gasteiger charge is -2.22. The first-order valence-electron chi connectivity index (χ1n) is 7.16. The van der Waals surface area contributed by atoms with Gasteiger partial charge in [-0.15, -0.1) is 0 Å². The van der Waals surface area contributed by atoms with Crippen LogP contribution in [0.3, 0.4) is 0 Å². The van der Waals surface area contributed by atoms with Crippen LogP contribution < -0.4 is 10.1 Å². The number of benzene rings is 1. The Morgan fingerprint density at radius 3 is 3.05 bits per heavy atom. The van der Waals surface area contributed by atoms with Crippen LogP contribution in [0.2, 0.25) is 0 Å². The van der Waals surface area contributed by atoms with Crippen LogP contribution in [-0.2, 0) is 4.74 Å². The van der Waals surface area contributed by atoms with E-state index in [9.17, 15) is 5.11 Å². The second-order valence-electron chi connectivity index (χ2n) is 5.55. The highest BCUT2D eigenvalue weighted by atomic mass is 79.9. The highest BCUT2D eigenvalue weighted by molar-refractivity contribution is 9.10. The quantitative estimate of drug-likeness (QED) is 0.831. The molecule has 2 bridgehead atoms. The first kappa shape index (κ1) is 14.3. The van der Waals surface area contributed by atoms with Gasteiger partial charge in [-0.1, -0.05) is 22.0 Å².